The fourth-order valence-electron chi connectivity index (χ4n) is 1.70. The first-order chi connectivity index (χ1) is 5.93. The van der Waals surface area contributed by atoms with E-state index < -0.39 is 0 Å². The summed E-state index contributed by atoms with van der Waals surface area (Å²) in [5, 5.41) is 0.957. The zero-order valence-electron chi connectivity index (χ0n) is 8.22. The number of hydrogen-bond acceptors (Lipinski definition) is 1. The molecule has 0 N–H and O–H groups in total. The van der Waals surface area contributed by atoms with Crippen molar-refractivity contribution in [2.45, 2.75) is 63.5 Å². The van der Waals surface area contributed by atoms with Gasteiger partial charge in [-0.05, 0) is 19.3 Å². The van der Waals surface area contributed by atoms with E-state index in [0.717, 1.165) is 5.25 Å². The molecule has 1 aliphatic carbocycles. The molecule has 0 heterocycles. The van der Waals surface area contributed by atoms with E-state index in [1.165, 1.54) is 51.4 Å². The minimum atomic E-state index is 0.957. The van der Waals surface area contributed by atoms with Crippen LogP contribution in [0.5, 0.6) is 0 Å². The van der Waals surface area contributed by atoms with Gasteiger partial charge in [0.2, 0.25) is 0 Å². The van der Waals surface area contributed by atoms with E-state index >= 15 is 0 Å². The van der Waals surface area contributed by atoms with Crippen LogP contribution in [-0.2, 0) is 0 Å². The number of hydrogen-bond donors (Lipinski definition) is 0. The van der Waals surface area contributed by atoms with E-state index in [1.54, 1.807) is 0 Å². The molecule has 0 aliphatic heterocycles. The molecule has 0 aromatic carbocycles. The molecule has 0 aromatic rings. The summed E-state index contributed by atoms with van der Waals surface area (Å²) in [5.41, 5.74) is 0. The molecule has 0 amide bonds. The van der Waals surface area contributed by atoms with Crippen LogP contribution in [0.15, 0.2) is 0 Å². The molecule has 71 valence electrons. The highest BCUT2D eigenvalue weighted by molar-refractivity contribution is 8.01. The molecule has 1 rings (SSSR count). The minimum absolute atomic E-state index is 0.957. The quantitative estimate of drug-likeness (QED) is 0.462. The van der Waals surface area contributed by atoms with Crippen molar-refractivity contribution in [1.29, 1.82) is 0 Å². The summed E-state index contributed by atoms with van der Waals surface area (Å²) < 4.78 is 0. The molecule has 1 aliphatic rings. The minimum Gasteiger partial charge on any atom is -0.154 e. The second-order valence-electron chi connectivity index (χ2n) is 3.70. The highest BCUT2D eigenvalue weighted by Crippen LogP contribution is 2.29. The van der Waals surface area contributed by atoms with Crippen molar-refractivity contribution in [3.63, 3.8) is 0 Å². The zero-order valence-corrected chi connectivity index (χ0v) is 9.04. The predicted molar refractivity (Wildman–Crippen MR) is 58.3 cm³/mol. The fourth-order valence-corrected chi connectivity index (χ4v) is 2.95. The SMILES string of the molecule is CCC[CH]SC1CCCCCC1. The van der Waals surface area contributed by atoms with Gasteiger partial charge in [-0.15, -0.1) is 0 Å². The van der Waals surface area contributed by atoms with Crippen LogP contribution in [0.4, 0.5) is 0 Å². The second-order valence-corrected chi connectivity index (χ2v) is 4.98. The molecule has 1 saturated carbocycles. The van der Waals surface area contributed by atoms with Gasteiger partial charge in [-0.3, -0.25) is 0 Å². The van der Waals surface area contributed by atoms with Crippen LogP contribution in [0.3, 0.4) is 0 Å². The molecular weight excluding hydrogens is 164 g/mol. The normalized spacial score (nSPS) is 20.8. The maximum atomic E-state index is 2.43. The van der Waals surface area contributed by atoms with Gasteiger partial charge in [0.1, 0.15) is 0 Å². The lowest BCUT2D eigenvalue weighted by Gasteiger charge is -2.12. The van der Waals surface area contributed by atoms with Gasteiger partial charge < -0.3 is 0 Å². The molecule has 0 bridgehead atoms. The van der Waals surface area contributed by atoms with Crippen LogP contribution in [-0.4, -0.2) is 5.25 Å². The van der Waals surface area contributed by atoms with Gasteiger partial charge in [0, 0.05) is 11.0 Å². The van der Waals surface area contributed by atoms with Crippen LogP contribution in [0.25, 0.3) is 0 Å². The van der Waals surface area contributed by atoms with Crippen molar-refractivity contribution in [1.82, 2.24) is 0 Å². The van der Waals surface area contributed by atoms with Crippen molar-refractivity contribution in [2.75, 3.05) is 0 Å². The molecule has 0 saturated heterocycles. The molecule has 0 aromatic heterocycles. The zero-order chi connectivity index (χ0) is 8.65. The first-order valence-electron chi connectivity index (χ1n) is 5.40. The first kappa shape index (κ1) is 10.4. The molecular formula is C11H21S. The molecule has 1 heteroatoms. The van der Waals surface area contributed by atoms with Crippen molar-refractivity contribution in [2.24, 2.45) is 0 Å². The van der Waals surface area contributed by atoms with E-state index in [1.807, 2.05) is 0 Å². The smallest absolute Gasteiger partial charge is 0.0169 e. The van der Waals surface area contributed by atoms with Crippen LogP contribution >= 0.6 is 11.8 Å². The van der Waals surface area contributed by atoms with Crippen molar-refractivity contribution in [3.8, 4) is 0 Å². The van der Waals surface area contributed by atoms with E-state index in [-0.39, 0.29) is 0 Å². The van der Waals surface area contributed by atoms with Crippen LogP contribution in [0, 0.1) is 5.75 Å². The van der Waals surface area contributed by atoms with Crippen LogP contribution in [0.2, 0.25) is 0 Å². The molecule has 0 nitrogen and oxygen atoms in total. The van der Waals surface area contributed by atoms with Crippen LogP contribution < -0.4 is 0 Å². The Morgan fingerprint density at radius 1 is 1.17 bits per heavy atom. The Hall–Kier alpha value is 0.350. The van der Waals surface area contributed by atoms with Crippen molar-refractivity contribution < 1.29 is 0 Å². The molecule has 1 radical (unpaired) electrons. The summed E-state index contributed by atoms with van der Waals surface area (Å²) in [5.74, 6) is 2.43. The van der Waals surface area contributed by atoms with E-state index in [0.29, 0.717) is 0 Å². The lowest BCUT2D eigenvalue weighted by Crippen LogP contribution is -1.99. The van der Waals surface area contributed by atoms with Crippen LogP contribution in [0.1, 0.15) is 58.3 Å². The molecule has 0 spiro atoms. The summed E-state index contributed by atoms with van der Waals surface area (Å²) in [4.78, 5) is 0. The Kier molecular flexibility index (Phi) is 5.93. The monoisotopic (exact) mass is 185 g/mol. The molecule has 1 fully saturated rings. The Morgan fingerprint density at radius 3 is 2.42 bits per heavy atom. The lowest BCUT2D eigenvalue weighted by atomic mass is 10.2. The summed E-state index contributed by atoms with van der Waals surface area (Å²) in [6.07, 6.45) is 11.4. The van der Waals surface area contributed by atoms with Crippen molar-refractivity contribution in [3.05, 3.63) is 5.75 Å². The highest BCUT2D eigenvalue weighted by Gasteiger charge is 2.11. The average Bonchev–Trinajstić information content (AvgIpc) is 2.33. The Balaban J connectivity index is 2.04. The fraction of sp³-hybridized carbons (Fsp3) is 0.909. The maximum absolute atomic E-state index is 2.43. The van der Waals surface area contributed by atoms with Gasteiger partial charge in [0.15, 0.2) is 0 Å². The van der Waals surface area contributed by atoms with Gasteiger partial charge >= 0.3 is 0 Å². The summed E-state index contributed by atoms with van der Waals surface area (Å²) >= 11 is 2.11. The molecule has 12 heavy (non-hydrogen) atoms. The Bertz CT molecular complexity index is 93.2. The summed E-state index contributed by atoms with van der Waals surface area (Å²) in [7, 11) is 0. The first-order valence-corrected chi connectivity index (χ1v) is 6.35. The van der Waals surface area contributed by atoms with Gasteiger partial charge in [-0.25, -0.2) is 0 Å². The topological polar surface area (TPSA) is 0 Å². The van der Waals surface area contributed by atoms with E-state index in [9.17, 15) is 0 Å². The maximum Gasteiger partial charge on any atom is 0.0169 e. The standard InChI is InChI=1S/C11H21S/c1-2-3-10-12-11-8-6-4-5-7-9-11/h10-11H,2-9H2,1H3. The largest absolute Gasteiger partial charge is 0.154 e. The van der Waals surface area contributed by atoms with Gasteiger partial charge in [-0.2, -0.15) is 11.8 Å². The third-order valence-electron chi connectivity index (χ3n) is 2.50. The van der Waals surface area contributed by atoms with E-state index in [4.69, 9.17) is 0 Å². The number of unbranched alkanes of at least 4 members (excludes halogenated alkanes) is 1. The van der Waals surface area contributed by atoms with E-state index in [2.05, 4.69) is 24.4 Å². The van der Waals surface area contributed by atoms with Gasteiger partial charge in [0.05, 0.1) is 0 Å². The summed E-state index contributed by atoms with van der Waals surface area (Å²) in [6.45, 7) is 2.25. The molecule has 0 atom stereocenters. The number of thioether (sulfide) groups is 1. The second kappa shape index (κ2) is 6.82. The van der Waals surface area contributed by atoms with Crippen molar-refractivity contribution >= 4 is 11.8 Å². The lowest BCUT2D eigenvalue weighted by molar-refractivity contribution is 0.702. The van der Waals surface area contributed by atoms with Gasteiger partial charge in [0.25, 0.3) is 0 Å². The molecule has 0 unspecified atom stereocenters. The average molecular weight is 185 g/mol. The predicted octanol–water partition coefficient (Wildman–Crippen LogP) is 4.40. The third-order valence-corrected chi connectivity index (χ3v) is 3.78. The highest BCUT2D eigenvalue weighted by atomic mass is 32.2. The third kappa shape index (κ3) is 4.39. The number of rotatable bonds is 4. The Labute approximate surface area is 81.5 Å². The summed E-state index contributed by atoms with van der Waals surface area (Å²) in [6, 6.07) is 0. The Morgan fingerprint density at radius 2 is 1.83 bits per heavy atom. The van der Waals surface area contributed by atoms with Gasteiger partial charge in [-0.1, -0.05) is 39.0 Å².